The van der Waals surface area contributed by atoms with Crippen molar-refractivity contribution in [1.29, 1.82) is 0 Å². The molecule has 7 heteroatoms. The lowest BCUT2D eigenvalue weighted by Crippen LogP contribution is -2.45. The summed E-state index contributed by atoms with van der Waals surface area (Å²) < 4.78 is 1.68. The molecule has 3 aromatic rings. The zero-order valence-corrected chi connectivity index (χ0v) is 16.1. The number of pyridine rings is 1. The molecule has 0 saturated carbocycles. The van der Waals surface area contributed by atoms with Gasteiger partial charge in [0.15, 0.2) is 0 Å². The molecule has 2 aromatic heterocycles. The fourth-order valence-corrected chi connectivity index (χ4v) is 3.83. The molecule has 7 nitrogen and oxygen atoms in total. The molecule has 0 radical (unpaired) electrons. The number of piperidine rings is 1. The first-order valence-electron chi connectivity index (χ1n) is 9.60. The Bertz CT molecular complexity index is 1020. The molecular weight excluding hydrogens is 368 g/mol. The third-order valence-corrected chi connectivity index (χ3v) is 5.20. The number of rotatable bonds is 4. The molecule has 2 atom stereocenters. The first kappa shape index (κ1) is 18.9. The monoisotopic (exact) mass is 390 g/mol. The summed E-state index contributed by atoms with van der Waals surface area (Å²) in [5.41, 5.74) is 2.56. The van der Waals surface area contributed by atoms with Gasteiger partial charge in [0.1, 0.15) is 5.69 Å². The minimum Gasteiger partial charge on any atom is -0.481 e. The van der Waals surface area contributed by atoms with Crippen LogP contribution in [0.5, 0.6) is 0 Å². The Labute approximate surface area is 168 Å². The van der Waals surface area contributed by atoms with Crippen molar-refractivity contribution in [3.8, 4) is 16.9 Å². The molecule has 148 valence electrons. The Kier molecular flexibility index (Phi) is 5.12. The maximum Gasteiger partial charge on any atom is 0.308 e. The van der Waals surface area contributed by atoms with Gasteiger partial charge >= 0.3 is 5.97 Å². The summed E-state index contributed by atoms with van der Waals surface area (Å²) in [6.45, 7) is 2.72. The SMILES string of the molecule is CC1CC(C(=O)O)CN(C(=O)c2cn(-c3ccccc3)nc2-c2cccnc2)C1. The third-order valence-electron chi connectivity index (χ3n) is 5.20. The van der Waals surface area contributed by atoms with E-state index in [2.05, 4.69) is 10.1 Å². The van der Waals surface area contributed by atoms with E-state index in [9.17, 15) is 14.7 Å². The molecule has 0 spiro atoms. The number of likely N-dealkylation sites (tertiary alicyclic amines) is 1. The van der Waals surface area contributed by atoms with Gasteiger partial charge < -0.3 is 10.0 Å². The topological polar surface area (TPSA) is 88.3 Å². The van der Waals surface area contributed by atoms with Gasteiger partial charge in [-0.2, -0.15) is 5.10 Å². The molecule has 1 fully saturated rings. The summed E-state index contributed by atoms with van der Waals surface area (Å²) in [7, 11) is 0. The van der Waals surface area contributed by atoms with Crippen LogP contribution in [0.2, 0.25) is 0 Å². The maximum absolute atomic E-state index is 13.4. The molecule has 1 amide bonds. The van der Waals surface area contributed by atoms with Gasteiger partial charge in [-0.15, -0.1) is 0 Å². The van der Waals surface area contributed by atoms with Crippen molar-refractivity contribution >= 4 is 11.9 Å². The molecule has 1 aliphatic heterocycles. The van der Waals surface area contributed by atoms with Crippen LogP contribution in [0.15, 0.2) is 61.1 Å². The van der Waals surface area contributed by atoms with E-state index in [0.717, 1.165) is 11.3 Å². The van der Waals surface area contributed by atoms with Crippen molar-refractivity contribution in [2.45, 2.75) is 13.3 Å². The van der Waals surface area contributed by atoms with Crippen molar-refractivity contribution in [3.05, 3.63) is 66.6 Å². The van der Waals surface area contributed by atoms with Gasteiger partial charge in [-0.05, 0) is 36.6 Å². The fraction of sp³-hybridized carbons (Fsp3) is 0.273. The molecule has 1 saturated heterocycles. The van der Waals surface area contributed by atoms with Gasteiger partial charge in [0.25, 0.3) is 5.91 Å². The fourth-order valence-electron chi connectivity index (χ4n) is 3.83. The Morgan fingerprint density at radius 2 is 1.90 bits per heavy atom. The minimum absolute atomic E-state index is 0.125. The Balaban J connectivity index is 1.74. The van der Waals surface area contributed by atoms with Crippen molar-refractivity contribution in [3.63, 3.8) is 0 Å². The summed E-state index contributed by atoms with van der Waals surface area (Å²) >= 11 is 0. The second-order valence-electron chi connectivity index (χ2n) is 7.50. The van der Waals surface area contributed by atoms with Crippen LogP contribution in [0.25, 0.3) is 16.9 Å². The number of carbonyl (C=O) groups excluding carboxylic acids is 1. The molecule has 0 bridgehead atoms. The number of aromatic nitrogens is 3. The van der Waals surface area contributed by atoms with Crippen LogP contribution in [0.4, 0.5) is 0 Å². The number of hydrogen-bond acceptors (Lipinski definition) is 4. The molecule has 0 aliphatic carbocycles. The second-order valence-corrected chi connectivity index (χ2v) is 7.50. The van der Waals surface area contributed by atoms with E-state index in [1.807, 2.05) is 43.3 Å². The average molecular weight is 390 g/mol. The lowest BCUT2D eigenvalue weighted by atomic mass is 9.90. The lowest BCUT2D eigenvalue weighted by molar-refractivity contribution is -0.143. The van der Waals surface area contributed by atoms with Crippen LogP contribution in [0, 0.1) is 11.8 Å². The Morgan fingerprint density at radius 3 is 2.59 bits per heavy atom. The number of benzene rings is 1. The summed E-state index contributed by atoms with van der Waals surface area (Å²) in [5.74, 6) is -1.49. The predicted molar refractivity (Wildman–Crippen MR) is 108 cm³/mol. The zero-order valence-electron chi connectivity index (χ0n) is 16.1. The number of nitrogens with zero attached hydrogens (tertiary/aromatic N) is 4. The number of carboxylic acid groups (broad SMARTS) is 1. The molecular formula is C22H22N4O3. The molecule has 4 rings (SSSR count). The number of carboxylic acids is 1. The largest absolute Gasteiger partial charge is 0.481 e. The van der Waals surface area contributed by atoms with Gasteiger partial charge in [0.2, 0.25) is 0 Å². The van der Waals surface area contributed by atoms with Crippen LogP contribution >= 0.6 is 0 Å². The molecule has 1 aromatic carbocycles. The Morgan fingerprint density at radius 1 is 1.10 bits per heavy atom. The van der Waals surface area contributed by atoms with E-state index >= 15 is 0 Å². The van der Waals surface area contributed by atoms with Crippen LogP contribution in [0.3, 0.4) is 0 Å². The highest BCUT2D eigenvalue weighted by Crippen LogP contribution is 2.28. The van der Waals surface area contributed by atoms with E-state index in [1.165, 1.54) is 0 Å². The minimum atomic E-state index is -0.859. The number of para-hydroxylation sites is 1. The highest BCUT2D eigenvalue weighted by molar-refractivity contribution is 6.00. The van der Waals surface area contributed by atoms with E-state index in [-0.39, 0.29) is 18.4 Å². The van der Waals surface area contributed by atoms with Crippen LogP contribution in [0.1, 0.15) is 23.7 Å². The summed E-state index contributed by atoms with van der Waals surface area (Å²) in [5, 5.41) is 14.1. The quantitative estimate of drug-likeness (QED) is 0.739. The zero-order chi connectivity index (χ0) is 20.4. The normalized spacial score (nSPS) is 19.1. The first-order chi connectivity index (χ1) is 14.0. The number of hydrogen-bond donors (Lipinski definition) is 1. The molecule has 29 heavy (non-hydrogen) atoms. The van der Waals surface area contributed by atoms with Crippen LogP contribution in [-0.2, 0) is 4.79 Å². The van der Waals surface area contributed by atoms with Gasteiger partial charge in [0.05, 0.1) is 17.2 Å². The maximum atomic E-state index is 13.4. The van der Waals surface area contributed by atoms with Crippen molar-refractivity contribution in [1.82, 2.24) is 19.7 Å². The van der Waals surface area contributed by atoms with E-state index in [4.69, 9.17) is 0 Å². The third kappa shape index (κ3) is 3.89. The number of carbonyl (C=O) groups is 2. The number of aliphatic carboxylic acids is 1. The van der Waals surface area contributed by atoms with Gasteiger partial charge in [-0.1, -0.05) is 25.1 Å². The summed E-state index contributed by atoms with van der Waals surface area (Å²) in [6.07, 6.45) is 5.64. The highest BCUT2D eigenvalue weighted by Gasteiger charge is 2.34. The number of amides is 1. The first-order valence-corrected chi connectivity index (χ1v) is 9.60. The molecule has 1 N–H and O–H groups in total. The Hall–Kier alpha value is -3.48. The highest BCUT2D eigenvalue weighted by atomic mass is 16.4. The van der Waals surface area contributed by atoms with Gasteiger partial charge in [-0.3, -0.25) is 14.6 Å². The molecule has 2 unspecified atom stereocenters. The molecule has 3 heterocycles. The van der Waals surface area contributed by atoms with Crippen molar-refractivity contribution < 1.29 is 14.7 Å². The summed E-state index contributed by atoms with van der Waals surface area (Å²) in [6, 6.07) is 13.2. The lowest BCUT2D eigenvalue weighted by Gasteiger charge is -2.34. The van der Waals surface area contributed by atoms with Gasteiger partial charge in [0, 0.05) is 37.2 Å². The standard InChI is InChI=1S/C22H22N4O3/c1-15-10-17(22(28)29)13-25(12-15)21(27)19-14-26(18-7-3-2-4-8-18)24-20(19)16-6-5-9-23-11-16/h2-9,11,14-15,17H,10,12-13H2,1H3,(H,28,29). The average Bonchev–Trinajstić information content (AvgIpc) is 3.19. The molecule has 1 aliphatic rings. The van der Waals surface area contributed by atoms with E-state index in [0.29, 0.717) is 24.2 Å². The smallest absolute Gasteiger partial charge is 0.308 e. The van der Waals surface area contributed by atoms with Crippen LogP contribution < -0.4 is 0 Å². The van der Waals surface area contributed by atoms with Crippen LogP contribution in [-0.4, -0.2) is 49.7 Å². The summed E-state index contributed by atoms with van der Waals surface area (Å²) in [4.78, 5) is 30.7. The van der Waals surface area contributed by atoms with Crippen molar-refractivity contribution in [2.24, 2.45) is 11.8 Å². The second kappa shape index (κ2) is 7.87. The van der Waals surface area contributed by atoms with E-state index < -0.39 is 11.9 Å². The van der Waals surface area contributed by atoms with E-state index in [1.54, 1.807) is 34.2 Å². The van der Waals surface area contributed by atoms with Gasteiger partial charge in [-0.25, -0.2) is 4.68 Å². The van der Waals surface area contributed by atoms with Crippen molar-refractivity contribution in [2.75, 3.05) is 13.1 Å². The predicted octanol–water partition coefficient (Wildman–Crippen LogP) is 3.12.